The first kappa shape index (κ1) is 29.1. The van der Waals surface area contributed by atoms with Crippen molar-refractivity contribution >= 4 is 40.9 Å². The number of aryl methyl sites for hydroxylation is 1. The summed E-state index contributed by atoms with van der Waals surface area (Å²) in [6.45, 7) is 2.53. The Kier molecular flexibility index (Phi) is 7.39. The minimum absolute atomic E-state index is 0.196. The van der Waals surface area contributed by atoms with Gasteiger partial charge in [0.15, 0.2) is 5.78 Å². The maximum atomic E-state index is 15.4. The zero-order valence-electron chi connectivity index (χ0n) is 24.3. The lowest BCUT2D eigenvalue weighted by atomic mass is 9.57. The number of fused-ring (bicyclic) bond motifs is 3. The zero-order chi connectivity index (χ0) is 30.5. The lowest BCUT2D eigenvalue weighted by Gasteiger charge is -2.45. The van der Waals surface area contributed by atoms with Crippen molar-refractivity contribution in [1.82, 2.24) is 4.90 Å². The van der Waals surface area contributed by atoms with Gasteiger partial charge in [0.2, 0.25) is 5.91 Å². The molecule has 222 valence electrons. The number of carbonyl (C=O) groups excluding carboxylic acids is 4. The Balaban J connectivity index is 1.69. The zero-order valence-corrected chi connectivity index (χ0v) is 25.1. The standard InChI is InChI=1S/C34H33ClN2O6/c1-21-11-13-23(14-12-21)30(39)29-27-10-7-17-37(27)33(32(41)43-3,19-28(38)42-2)34(29)25-18-24(35)15-16-26(25)36(31(34)40)20-22-8-5-4-6-9-22/h4-6,8-9,11-16,18,27,29H,7,10,17,19-20H2,1-3H3/t27-,29+,33-,34+/m0/s1. The molecule has 0 aromatic heterocycles. The second-order valence-electron chi connectivity index (χ2n) is 11.6. The molecule has 0 aliphatic carbocycles. The maximum absolute atomic E-state index is 15.4. The SMILES string of the molecule is COC(=O)C[C@@]1(C(=O)OC)N2CCC[C@H]2[C@H](C(=O)c2ccc(C)cc2)[C@]12C(=O)N(Cc1ccccc1)c1ccc(Cl)cc12. The van der Waals surface area contributed by atoms with Gasteiger partial charge in [-0.2, -0.15) is 0 Å². The van der Waals surface area contributed by atoms with E-state index in [2.05, 4.69) is 0 Å². The number of hydrogen-bond donors (Lipinski definition) is 0. The molecule has 3 aliphatic heterocycles. The highest BCUT2D eigenvalue weighted by Gasteiger charge is 2.81. The van der Waals surface area contributed by atoms with Crippen molar-refractivity contribution in [3.8, 4) is 0 Å². The quantitative estimate of drug-likeness (QED) is 0.282. The second-order valence-corrected chi connectivity index (χ2v) is 12.0. The predicted molar refractivity (Wildman–Crippen MR) is 161 cm³/mol. The molecule has 0 bridgehead atoms. The fourth-order valence-electron chi connectivity index (χ4n) is 7.82. The van der Waals surface area contributed by atoms with Gasteiger partial charge in [0, 0.05) is 22.3 Å². The molecular formula is C34H33ClN2O6. The molecule has 3 heterocycles. The largest absolute Gasteiger partial charge is 0.469 e. The number of anilines is 1. The van der Waals surface area contributed by atoms with E-state index in [0.717, 1.165) is 11.1 Å². The number of halogens is 1. The van der Waals surface area contributed by atoms with Crippen LogP contribution in [0.15, 0.2) is 72.8 Å². The number of methoxy groups -OCH3 is 2. The van der Waals surface area contributed by atoms with Gasteiger partial charge in [-0.25, -0.2) is 4.79 Å². The van der Waals surface area contributed by atoms with Crippen molar-refractivity contribution in [3.05, 3.63) is 100 Å². The number of nitrogens with zero attached hydrogens (tertiary/aromatic N) is 2. The minimum atomic E-state index is -1.86. The highest BCUT2D eigenvalue weighted by atomic mass is 35.5. The van der Waals surface area contributed by atoms with Gasteiger partial charge in [0.25, 0.3) is 0 Å². The van der Waals surface area contributed by atoms with Crippen molar-refractivity contribution in [2.45, 2.75) is 49.7 Å². The van der Waals surface area contributed by atoms with E-state index >= 15 is 4.79 Å². The van der Waals surface area contributed by atoms with Crippen LogP contribution in [0.1, 0.15) is 46.3 Å². The summed E-state index contributed by atoms with van der Waals surface area (Å²) in [6, 6.07) is 21.3. The molecule has 8 nitrogen and oxygen atoms in total. The van der Waals surface area contributed by atoms with Crippen molar-refractivity contribution < 1.29 is 28.7 Å². The number of Topliss-reactive ketones (excluding diaryl/α,β-unsaturated/α-hetero) is 1. The van der Waals surface area contributed by atoms with Crippen molar-refractivity contribution in [1.29, 1.82) is 0 Å². The molecule has 6 rings (SSSR count). The molecule has 2 saturated heterocycles. The van der Waals surface area contributed by atoms with E-state index in [1.807, 2.05) is 54.3 Å². The summed E-state index contributed by atoms with van der Waals surface area (Å²) in [5.74, 6) is -3.16. The van der Waals surface area contributed by atoms with Gasteiger partial charge in [0.05, 0.1) is 33.1 Å². The summed E-state index contributed by atoms with van der Waals surface area (Å²) in [6.07, 6.45) is 0.773. The minimum Gasteiger partial charge on any atom is -0.469 e. The average molecular weight is 601 g/mol. The lowest BCUT2D eigenvalue weighted by Crippen LogP contribution is -2.67. The summed E-state index contributed by atoms with van der Waals surface area (Å²) in [5, 5.41) is 0.345. The molecule has 0 saturated carbocycles. The normalized spacial score (nSPS) is 26.0. The molecule has 3 aliphatic rings. The van der Waals surface area contributed by atoms with Crippen LogP contribution in [0.4, 0.5) is 5.69 Å². The van der Waals surface area contributed by atoms with Crippen LogP contribution in [0, 0.1) is 12.8 Å². The van der Waals surface area contributed by atoms with Crippen LogP contribution >= 0.6 is 11.6 Å². The molecule has 1 amide bonds. The van der Waals surface area contributed by atoms with Gasteiger partial charge in [-0.1, -0.05) is 71.8 Å². The Morgan fingerprint density at radius 2 is 1.70 bits per heavy atom. The number of carbonyl (C=O) groups is 4. The van der Waals surface area contributed by atoms with Gasteiger partial charge in [0.1, 0.15) is 11.0 Å². The Bertz CT molecular complexity index is 1610. The maximum Gasteiger partial charge on any atom is 0.328 e. The average Bonchev–Trinajstić information content (AvgIpc) is 3.65. The molecule has 2 fully saturated rings. The van der Waals surface area contributed by atoms with Crippen molar-refractivity contribution in [3.63, 3.8) is 0 Å². The summed E-state index contributed by atoms with van der Waals surface area (Å²) < 4.78 is 10.6. The number of rotatable bonds is 7. The van der Waals surface area contributed by atoms with E-state index in [1.54, 1.807) is 35.2 Å². The Hall–Kier alpha value is -4.01. The Morgan fingerprint density at radius 1 is 0.977 bits per heavy atom. The van der Waals surface area contributed by atoms with Crippen molar-refractivity contribution in [2.75, 3.05) is 25.7 Å². The lowest BCUT2D eigenvalue weighted by molar-refractivity contribution is -0.166. The number of hydrogen-bond acceptors (Lipinski definition) is 7. The summed E-state index contributed by atoms with van der Waals surface area (Å²) >= 11 is 6.63. The first-order chi connectivity index (χ1) is 20.7. The van der Waals surface area contributed by atoms with E-state index < -0.39 is 47.2 Å². The molecule has 0 N–H and O–H groups in total. The number of esters is 2. The smallest absolute Gasteiger partial charge is 0.328 e. The van der Waals surface area contributed by atoms with Crippen LogP contribution in [0.25, 0.3) is 0 Å². The predicted octanol–water partition coefficient (Wildman–Crippen LogP) is 4.89. The number of ketones is 1. The summed E-state index contributed by atoms with van der Waals surface area (Å²) in [5.41, 5.74) is -0.421. The van der Waals surface area contributed by atoms with Gasteiger partial charge in [-0.05, 0) is 55.6 Å². The van der Waals surface area contributed by atoms with E-state index in [4.69, 9.17) is 21.1 Å². The van der Waals surface area contributed by atoms with Gasteiger partial charge in [-0.15, -0.1) is 0 Å². The number of ether oxygens (including phenoxy) is 2. The van der Waals surface area contributed by atoms with Crippen LogP contribution in [-0.2, 0) is 35.8 Å². The molecule has 43 heavy (non-hydrogen) atoms. The Labute approximate surface area is 255 Å². The second kappa shape index (κ2) is 10.9. The first-order valence-corrected chi connectivity index (χ1v) is 14.8. The van der Waals surface area contributed by atoms with Gasteiger partial charge >= 0.3 is 11.9 Å². The molecule has 4 atom stereocenters. The summed E-state index contributed by atoms with van der Waals surface area (Å²) in [4.78, 5) is 61.3. The van der Waals surface area contributed by atoms with Gasteiger partial charge in [-0.3, -0.25) is 19.3 Å². The van der Waals surface area contributed by atoms with E-state index in [0.29, 0.717) is 41.2 Å². The molecule has 0 radical (unpaired) electrons. The number of benzene rings is 3. The van der Waals surface area contributed by atoms with Crippen LogP contribution in [-0.4, -0.2) is 60.9 Å². The van der Waals surface area contributed by atoms with Crippen LogP contribution in [0.5, 0.6) is 0 Å². The van der Waals surface area contributed by atoms with Crippen LogP contribution in [0.3, 0.4) is 0 Å². The van der Waals surface area contributed by atoms with Crippen LogP contribution in [0.2, 0.25) is 5.02 Å². The summed E-state index contributed by atoms with van der Waals surface area (Å²) in [7, 11) is 2.49. The fraction of sp³-hybridized carbons (Fsp3) is 0.353. The highest BCUT2D eigenvalue weighted by Crippen LogP contribution is 2.65. The van der Waals surface area contributed by atoms with E-state index in [-0.39, 0.29) is 12.3 Å². The third-order valence-electron chi connectivity index (χ3n) is 9.50. The fourth-order valence-corrected chi connectivity index (χ4v) is 7.99. The number of amides is 1. The Morgan fingerprint density at radius 3 is 2.37 bits per heavy atom. The monoisotopic (exact) mass is 600 g/mol. The topological polar surface area (TPSA) is 93.2 Å². The molecular weight excluding hydrogens is 568 g/mol. The third-order valence-corrected chi connectivity index (χ3v) is 9.74. The van der Waals surface area contributed by atoms with E-state index in [1.165, 1.54) is 14.2 Å². The van der Waals surface area contributed by atoms with Gasteiger partial charge < -0.3 is 14.4 Å². The molecule has 0 unspecified atom stereocenters. The van der Waals surface area contributed by atoms with Crippen LogP contribution < -0.4 is 4.90 Å². The highest BCUT2D eigenvalue weighted by molar-refractivity contribution is 6.31. The first-order valence-electron chi connectivity index (χ1n) is 14.4. The molecule has 9 heteroatoms. The molecule has 1 spiro atoms. The molecule has 3 aromatic rings. The van der Waals surface area contributed by atoms with E-state index in [9.17, 15) is 14.4 Å². The third kappa shape index (κ3) is 4.14. The molecule has 3 aromatic carbocycles. The van der Waals surface area contributed by atoms with Crippen molar-refractivity contribution in [2.24, 2.45) is 5.92 Å².